The number of carbonyl (C=O) groups is 1. The van der Waals surface area contributed by atoms with Crippen molar-refractivity contribution in [2.75, 3.05) is 52.3 Å². The number of aromatic nitrogens is 4. The first-order valence-electron chi connectivity index (χ1n) is 11.4. The number of Topliss-reactive ketones (excluding diaryl/α,β-unsaturated/α-hetero) is 1. The van der Waals surface area contributed by atoms with Gasteiger partial charge in [-0.05, 0) is 25.2 Å². The van der Waals surface area contributed by atoms with Crippen molar-refractivity contribution in [3.05, 3.63) is 53.5 Å². The molecule has 1 aliphatic heterocycles. The van der Waals surface area contributed by atoms with Crippen molar-refractivity contribution >= 4 is 22.5 Å². The number of imidazole rings is 1. The maximum atomic E-state index is 14.4. The van der Waals surface area contributed by atoms with Crippen molar-refractivity contribution in [1.82, 2.24) is 25.1 Å². The Bertz CT molecular complexity index is 1330. The Balaban J connectivity index is 1.40. The predicted octanol–water partition coefficient (Wildman–Crippen LogP) is 3.29. The summed E-state index contributed by atoms with van der Waals surface area (Å²) in [6, 6.07) is 8.14. The summed E-state index contributed by atoms with van der Waals surface area (Å²) in [5.74, 6) is 1.07. The van der Waals surface area contributed by atoms with Gasteiger partial charge in [-0.25, -0.2) is 9.37 Å². The molecule has 0 radical (unpaired) electrons. The van der Waals surface area contributed by atoms with E-state index in [9.17, 15) is 9.18 Å². The zero-order chi connectivity index (χ0) is 24.5. The fourth-order valence-corrected chi connectivity index (χ4v) is 4.36. The SMILES string of the molecule is COc1cc2nc(-c3[nH]ncc3CC(=O)c3cc(F)cc(N4CCN(C)CC4)c3)[nH]c2cc1OC. The number of aromatic amines is 2. The Kier molecular flexibility index (Phi) is 6.12. The summed E-state index contributed by atoms with van der Waals surface area (Å²) < 4.78 is 25.2. The lowest BCUT2D eigenvalue weighted by Gasteiger charge is -2.34. The molecule has 0 amide bonds. The van der Waals surface area contributed by atoms with Crippen LogP contribution in [0.1, 0.15) is 15.9 Å². The molecule has 9 nitrogen and oxygen atoms in total. The van der Waals surface area contributed by atoms with Gasteiger partial charge in [0.25, 0.3) is 0 Å². The number of nitrogens with zero attached hydrogens (tertiary/aromatic N) is 4. The van der Waals surface area contributed by atoms with Gasteiger partial charge in [-0.15, -0.1) is 0 Å². The molecule has 1 aliphatic rings. The highest BCUT2D eigenvalue weighted by Gasteiger charge is 2.20. The highest BCUT2D eigenvalue weighted by atomic mass is 19.1. The van der Waals surface area contributed by atoms with E-state index in [1.54, 1.807) is 38.6 Å². The Labute approximate surface area is 201 Å². The number of rotatable bonds is 7. The van der Waals surface area contributed by atoms with Crippen molar-refractivity contribution in [1.29, 1.82) is 0 Å². The Morgan fingerprint density at radius 1 is 1.06 bits per heavy atom. The fraction of sp³-hybridized carbons (Fsp3) is 0.320. The molecule has 0 atom stereocenters. The third kappa shape index (κ3) is 4.57. The molecule has 1 fully saturated rings. The topological polar surface area (TPSA) is 99.4 Å². The van der Waals surface area contributed by atoms with Crippen LogP contribution in [0.4, 0.5) is 10.1 Å². The number of hydrogen-bond donors (Lipinski definition) is 2. The van der Waals surface area contributed by atoms with E-state index in [4.69, 9.17) is 9.47 Å². The van der Waals surface area contributed by atoms with Crippen LogP contribution in [0, 0.1) is 5.82 Å². The second kappa shape index (κ2) is 9.38. The molecule has 0 aliphatic carbocycles. The summed E-state index contributed by atoms with van der Waals surface area (Å²) in [4.78, 5) is 25.4. The zero-order valence-electron chi connectivity index (χ0n) is 19.9. The number of ketones is 1. The number of anilines is 1. The van der Waals surface area contributed by atoms with E-state index in [-0.39, 0.29) is 12.2 Å². The normalized spacial score (nSPS) is 14.5. The number of likely N-dealkylation sites (N-methyl/N-ethyl adjacent to an activating group) is 1. The van der Waals surface area contributed by atoms with E-state index >= 15 is 0 Å². The van der Waals surface area contributed by atoms with Crippen LogP contribution in [0.15, 0.2) is 36.5 Å². The van der Waals surface area contributed by atoms with Crippen LogP contribution in [-0.4, -0.2) is 78.3 Å². The largest absolute Gasteiger partial charge is 0.493 e. The lowest BCUT2D eigenvalue weighted by molar-refractivity contribution is 0.0992. The van der Waals surface area contributed by atoms with E-state index in [2.05, 4.69) is 37.0 Å². The number of benzene rings is 2. The molecule has 5 rings (SSSR count). The van der Waals surface area contributed by atoms with E-state index < -0.39 is 5.82 Å². The van der Waals surface area contributed by atoms with Crippen LogP contribution in [-0.2, 0) is 6.42 Å². The lowest BCUT2D eigenvalue weighted by atomic mass is 10.0. The van der Waals surface area contributed by atoms with Crippen molar-refractivity contribution in [2.24, 2.45) is 0 Å². The molecule has 4 aromatic rings. The number of fused-ring (bicyclic) bond motifs is 1. The monoisotopic (exact) mass is 478 g/mol. The summed E-state index contributed by atoms with van der Waals surface area (Å²) >= 11 is 0. The van der Waals surface area contributed by atoms with E-state index in [1.165, 1.54) is 12.1 Å². The van der Waals surface area contributed by atoms with Crippen molar-refractivity contribution in [3.63, 3.8) is 0 Å². The summed E-state index contributed by atoms with van der Waals surface area (Å²) in [7, 11) is 5.20. The van der Waals surface area contributed by atoms with Crippen LogP contribution in [0.3, 0.4) is 0 Å². The molecule has 1 saturated heterocycles. The summed E-state index contributed by atoms with van der Waals surface area (Å²) in [5, 5.41) is 7.06. The van der Waals surface area contributed by atoms with Gasteiger partial charge in [-0.1, -0.05) is 0 Å². The van der Waals surface area contributed by atoms with Gasteiger partial charge in [0.1, 0.15) is 11.5 Å². The third-order valence-corrected chi connectivity index (χ3v) is 6.37. The van der Waals surface area contributed by atoms with Gasteiger partial charge in [0.05, 0.1) is 31.4 Å². The van der Waals surface area contributed by atoms with Crippen molar-refractivity contribution in [3.8, 4) is 23.0 Å². The number of carbonyl (C=O) groups excluding carboxylic acids is 1. The first-order chi connectivity index (χ1) is 16.9. The minimum Gasteiger partial charge on any atom is -0.493 e. The lowest BCUT2D eigenvalue weighted by Crippen LogP contribution is -2.44. The molecule has 2 N–H and O–H groups in total. The molecule has 10 heteroatoms. The molecule has 0 saturated carbocycles. The highest BCUT2D eigenvalue weighted by molar-refractivity contribution is 5.99. The third-order valence-electron chi connectivity index (χ3n) is 6.37. The summed E-state index contributed by atoms with van der Waals surface area (Å²) in [5.41, 5.74) is 3.78. The number of halogens is 1. The van der Waals surface area contributed by atoms with Crippen molar-refractivity contribution in [2.45, 2.75) is 6.42 Å². The van der Waals surface area contributed by atoms with Gasteiger partial charge >= 0.3 is 0 Å². The molecule has 2 aromatic carbocycles. The Morgan fingerprint density at radius 2 is 1.80 bits per heavy atom. The quantitative estimate of drug-likeness (QED) is 0.393. The fourth-order valence-electron chi connectivity index (χ4n) is 4.36. The molecule has 0 bridgehead atoms. The van der Waals surface area contributed by atoms with Gasteiger partial charge in [-0.3, -0.25) is 9.89 Å². The molecule has 35 heavy (non-hydrogen) atoms. The number of piperazine rings is 1. The zero-order valence-corrected chi connectivity index (χ0v) is 19.9. The van der Waals surface area contributed by atoms with Crippen LogP contribution in [0.2, 0.25) is 0 Å². The molecule has 0 spiro atoms. The number of ether oxygens (including phenoxy) is 2. The molecule has 3 heterocycles. The van der Waals surface area contributed by atoms with Gasteiger partial charge in [0, 0.05) is 61.5 Å². The molecular weight excluding hydrogens is 451 g/mol. The smallest absolute Gasteiger partial charge is 0.167 e. The van der Waals surface area contributed by atoms with Gasteiger partial charge < -0.3 is 24.3 Å². The minimum atomic E-state index is -0.419. The number of nitrogens with one attached hydrogen (secondary N) is 2. The minimum absolute atomic E-state index is 0.0567. The van der Waals surface area contributed by atoms with Gasteiger partial charge in [-0.2, -0.15) is 5.10 Å². The van der Waals surface area contributed by atoms with Crippen LogP contribution in [0.5, 0.6) is 11.5 Å². The Hall–Kier alpha value is -3.92. The predicted molar refractivity (Wildman–Crippen MR) is 131 cm³/mol. The first kappa shape index (κ1) is 22.9. The average Bonchev–Trinajstić information content (AvgIpc) is 3.49. The summed E-state index contributed by atoms with van der Waals surface area (Å²) in [6.45, 7) is 3.38. The maximum absolute atomic E-state index is 14.4. The Morgan fingerprint density at radius 3 is 2.54 bits per heavy atom. The number of methoxy groups -OCH3 is 2. The highest BCUT2D eigenvalue weighted by Crippen LogP contribution is 2.33. The number of hydrogen-bond acceptors (Lipinski definition) is 7. The number of H-pyrrole nitrogens is 2. The van der Waals surface area contributed by atoms with E-state index in [1.807, 2.05) is 0 Å². The van der Waals surface area contributed by atoms with Crippen LogP contribution in [0.25, 0.3) is 22.6 Å². The first-order valence-corrected chi connectivity index (χ1v) is 11.4. The molecule has 0 unspecified atom stereocenters. The summed E-state index contributed by atoms with van der Waals surface area (Å²) in [6.07, 6.45) is 1.66. The molecule has 2 aromatic heterocycles. The van der Waals surface area contributed by atoms with Crippen LogP contribution < -0.4 is 14.4 Å². The maximum Gasteiger partial charge on any atom is 0.167 e. The molecule has 182 valence electrons. The van der Waals surface area contributed by atoms with Crippen LogP contribution >= 0.6 is 0 Å². The average molecular weight is 479 g/mol. The van der Waals surface area contributed by atoms with E-state index in [0.717, 1.165) is 37.4 Å². The van der Waals surface area contributed by atoms with Crippen molar-refractivity contribution < 1.29 is 18.7 Å². The van der Waals surface area contributed by atoms with Gasteiger partial charge in [0.15, 0.2) is 23.1 Å². The van der Waals surface area contributed by atoms with Gasteiger partial charge in [0.2, 0.25) is 0 Å². The van der Waals surface area contributed by atoms with E-state index in [0.29, 0.717) is 39.7 Å². The second-order valence-electron chi connectivity index (χ2n) is 8.67. The second-order valence-corrected chi connectivity index (χ2v) is 8.67. The molecular formula is C25H27FN6O3. The standard InChI is InChI=1S/C25H27FN6O3/c1-31-4-6-32(7-5-31)18-9-15(8-17(26)11-18)21(33)10-16-14-27-30-24(16)25-28-19-12-22(34-2)23(35-3)13-20(19)29-25/h8-9,11-14H,4-7,10H2,1-3H3,(H,27,30)(H,28,29).